The number of carbonyl (C=O) groups is 2. The minimum atomic E-state index is -0.626. The summed E-state index contributed by atoms with van der Waals surface area (Å²) in [4.78, 5) is 24.5. The number of aryl methyl sites for hydroxylation is 1. The molecule has 2 aromatic rings. The van der Waals surface area contributed by atoms with Crippen LogP contribution in [0.25, 0.3) is 0 Å². The molecule has 2 amide bonds. The number of hydrogen-bond acceptors (Lipinski definition) is 5. The molecule has 0 aliphatic carbocycles. The second-order valence-electron chi connectivity index (χ2n) is 5.81. The summed E-state index contributed by atoms with van der Waals surface area (Å²) in [5.74, 6) is 0.826. The Labute approximate surface area is 134 Å². The minimum Gasteiger partial charge on any atom is -0.361 e. The van der Waals surface area contributed by atoms with Crippen LogP contribution in [0.2, 0.25) is 0 Å². The number of anilines is 1. The number of carbonyl (C=O) groups excluding carboxylic acids is 2. The number of nitrogens with zero attached hydrogens (tertiary/aromatic N) is 2. The first-order chi connectivity index (χ1) is 10.9. The lowest BCUT2D eigenvalue weighted by atomic mass is 10.0. The van der Waals surface area contributed by atoms with Gasteiger partial charge in [-0.05, 0) is 19.3 Å². The van der Waals surface area contributed by atoms with Gasteiger partial charge in [0.2, 0.25) is 11.8 Å². The molecule has 0 bridgehead atoms. The van der Waals surface area contributed by atoms with Crippen LogP contribution >= 0.6 is 0 Å². The fraction of sp³-hybridized carbons (Fsp3) is 0.467. The zero-order valence-corrected chi connectivity index (χ0v) is 13.4. The highest BCUT2D eigenvalue weighted by molar-refractivity contribution is 5.96. The first-order valence-corrected chi connectivity index (χ1v) is 7.46. The highest BCUT2D eigenvalue weighted by Crippen LogP contribution is 2.09. The average Bonchev–Trinajstić information content (AvgIpc) is 3.09. The van der Waals surface area contributed by atoms with E-state index in [1.165, 1.54) is 0 Å². The number of nitrogens with one attached hydrogen (secondary N) is 3. The largest absolute Gasteiger partial charge is 0.361 e. The van der Waals surface area contributed by atoms with E-state index in [2.05, 4.69) is 26.0 Å². The van der Waals surface area contributed by atoms with Gasteiger partial charge in [-0.25, -0.2) is 0 Å². The van der Waals surface area contributed by atoms with E-state index in [1.54, 1.807) is 25.3 Å². The summed E-state index contributed by atoms with van der Waals surface area (Å²) in [5, 5.41) is 15.7. The van der Waals surface area contributed by atoms with Crippen molar-refractivity contribution in [3.63, 3.8) is 0 Å². The molecule has 8 nitrogen and oxygen atoms in total. The molecule has 2 rings (SSSR count). The Balaban J connectivity index is 1.96. The van der Waals surface area contributed by atoms with Gasteiger partial charge in [-0.1, -0.05) is 19.0 Å². The van der Waals surface area contributed by atoms with Gasteiger partial charge in [-0.15, -0.1) is 0 Å². The summed E-state index contributed by atoms with van der Waals surface area (Å²) in [6, 6.07) is 2.71. The number of aromatic amines is 1. The molecule has 2 aromatic heterocycles. The standard InChI is InChI=1S/C15H21N5O3/c1-9(2)6-12(15(22)18-13-4-5-16-19-13)17-14(21)8-11-7-10(3)23-20-11/h4-5,7,9,12H,6,8H2,1-3H3,(H,17,21)(H2,16,18,19,22)/t12-/m0/s1. The molecule has 8 heteroatoms. The van der Waals surface area contributed by atoms with E-state index in [0.717, 1.165) is 0 Å². The van der Waals surface area contributed by atoms with Gasteiger partial charge in [0.1, 0.15) is 17.6 Å². The maximum Gasteiger partial charge on any atom is 0.248 e. The summed E-state index contributed by atoms with van der Waals surface area (Å²) in [6.07, 6.45) is 2.14. The molecule has 0 unspecified atom stereocenters. The van der Waals surface area contributed by atoms with Crippen LogP contribution in [0, 0.1) is 12.8 Å². The van der Waals surface area contributed by atoms with Crippen molar-refractivity contribution in [2.45, 2.75) is 39.7 Å². The van der Waals surface area contributed by atoms with Gasteiger partial charge in [0.15, 0.2) is 0 Å². The topological polar surface area (TPSA) is 113 Å². The third-order valence-corrected chi connectivity index (χ3v) is 3.14. The van der Waals surface area contributed by atoms with E-state index in [-0.39, 0.29) is 24.2 Å². The summed E-state index contributed by atoms with van der Waals surface area (Å²) in [6.45, 7) is 5.74. The molecule has 0 aliphatic rings. The van der Waals surface area contributed by atoms with Crippen LogP contribution in [0.5, 0.6) is 0 Å². The normalized spacial score (nSPS) is 12.2. The molecule has 0 saturated heterocycles. The molecule has 0 spiro atoms. The molecule has 0 saturated carbocycles. The average molecular weight is 319 g/mol. The van der Waals surface area contributed by atoms with Gasteiger partial charge >= 0.3 is 0 Å². The Bertz CT molecular complexity index is 648. The van der Waals surface area contributed by atoms with Crippen LogP contribution in [0.4, 0.5) is 5.82 Å². The van der Waals surface area contributed by atoms with E-state index in [0.29, 0.717) is 23.7 Å². The first-order valence-electron chi connectivity index (χ1n) is 7.46. The van der Waals surface area contributed by atoms with Gasteiger partial charge in [0, 0.05) is 12.1 Å². The maximum atomic E-state index is 12.3. The zero-order valence-electron chi connectivity index (χ0n) is 13.4. The summed E-state index contributed by atoms with van der Waals surface area (Å²) >= 11 is 0. The summed E-state index contributed by atoms with van der Waals surface area (Å²) < 4.78 is 4.93. The van der Waals surface area contributed by atoms with E-state index in [9.17, 15) is 9.59 Å². The fourth-order valence-corrected chi connectivity index (χ4v) is 2.16. The van der Waals surface area contributed by atoms with E-state index in [4.69, 9.17) is 4.52 Å². The predicted molar refractivity (Wildman–Crippen MR) is 83.5 cm³/mol. The van der Waals surface area contributed by atoms with Crippen molar-refractivity contribution in [2.75, 3.05) is 5.32 Å². The smallest absolute Gasteiger partial charge is 0.248 e. The monoisotopic (exact) mass is 319 g/mol. The van der Waals surface area contributed by atoms with Crippen LogP contribution in [0.3, 0.4) is 0 Å². The molecule has 23 heavy (non-hydrogen) atoms. The number of H-pyrrole nitrogens is 1. The Hall–Kier alpha value is -2.64. The third kappa shape index (κ3) is 5.24. The second-order valence-corrected chi connectivity index (χ2v) is 5.81. The van der Waals surface area contributed by atoms with E-state index < -0.39 is 6.04 Å². The van der Waals surface area contributed by atoms with E-state index in [1.807, 2.05) is 13.8 Å². The van der Waals surface area contributed by atoms with Crippen LogP contribution in [-0.2, 0) is 16.0 Å². The minimum absolute atomic E-state index is 0.0727. The fourth-order valence-electron chi connectivity index (χ4n) is 2.16. The highest BCUT2D eigenvalue weighted by atomic mass is 16.5. The van der Waals surface area contributed by atoms with Gasteiger partial charge < -0.3 is 15.2 Å². The lowest BCUT2D eigenvalue weighted by molar-refractivity contribution is -0.126. The van der Waals surface area contributed by atoms with Crippen molar-refractivity contribution < 1.29 is 14.1 Å². The molecule has 3 N–H and O–H groups in total. The molecule has 124 valence electrons. The number of aromatic nitrogens is 3. The predicted octanol–water partition coefficient (Wildman–Crippen LogP) is 1.42. The molecule has 2 heterocycles. The molecule has 0 aromatic carbocycles. The maximum absolute atomic E-state index is 12.3. The molecule has 0 fully saturated rings. The van der Waals surface area contributed by atoms with Gasteiger partial charge in [-0.2, -0.15) is 5.10 Å². The molecular weight excluding hydrogens is 298 g/mol. The zero-order chi connectivity index (χ0) is 16.8. The van der Waals surface area contributed by atoms with Crippen molar-refractivity contribution in [1.29, 1.82) is 0 Å². The van der Waals surface area contributed by atoms with Crippen LogP contribution in [0.1, 0.15) is 31.7 Å². The second kappa shape index (κ2) is 7.57. The highest BCUT2D eigenvalue weighted by Gasteiger charge is 2.23. The Morgan fingerprint density at radius 1 is 1.39 bits per heavy atom. The van der Waals surface area contributed by atoms with Gasteiger partial charge in [0.05, 0.1) is 18.3 Å². The summed E-state index contributed by atoms with van der Waals surface area (Å²) in [5.41, 5.74) is 0.539. The number of amides is 2. The van der Waals surface area contributed by atoms with Crippen molar-refractivity contribution in [3.05, 3.63) is 29.8 Å². The molecular formula is C15H21N5O3. The van der Waals surface area contributed by atoms with Crippen LogP contribution < -0.4 is 10.6 Å². The van der Waals surface area contributed by atoms with Gasteiger partial charge in [-0.3, -0.25) is 14.7 Å². The number of hydrogen-bond donors (Lipinski definition) is 3. The first kappa shape index (κ1) is 16.7. The van der Waals surface area contributed by atoms with Crippen LogP contribution in [-0.4, -0.2) is 33.2 Å². The van der Waals surface area contributed by atoms with Crippen molar-refractivity contribution in [3.8, 4) is 0 Å². The quantitative estimate of drug-likeness (QED) is 0.714. The Morgan fingerprint density at radius 2 is 2.17 bits per heavy atom. The van der Waals surface area contributed by atoms with E-state index >= 15 is 0 Å². The lowest BCUT2D eigenvalue weighted by Crippen LogP contribution is -2.45. The number of rotatable bonds is 7. The SMILES string of the molecule is Cc1cc(CC(=O)N[C@@H](CC(C)C)C(=O)Nc2ccn[nH]2)no1. The van der Waals surface area contributed by atoms with Crippen molar-refractivity contribution in [2.24, 2.45) is 5.92 Å². The molecule has 0 aliphatic heterocycles. The van der Waals surface area contributed by atoms with Crippen molar-refractivity contribution >= 4 is 17.6 Å². The Kier molecular flexibility index (Phi) is 5.51. The third-order valence-electron chi connectivity index (χ3n) is 3.14. The Morgan fingerprint density at radius 3 is 2.74 bits per heavy atom. The van der Waals surface area contributed by atoms with Crippen LogP contribution in [0.15, 0.2) is 22.9 Å². The van der Waals surface area contributed by atoms with Gasteiger partial charge in [0.25, 0.3) is 0 Å². The summed E-state index contributed by atoms with van der Waals surface area (Å²) in [7, 11) is 0. The van der Waals surface area contributed by atoms with Crippen molar-refractivity contribution in [1.82, 2.24) is 20.7 Å². The molecule has 0 radical (unpaired) electrons. The molecule has 1 atom stereocenters. The lowest BCUT2D eigenvalue weighted by Gasteiger charge is -2.19.